The summed E-state index contributed by atoms with van der Waals surface area (Å²) in [6.45, 7) is 6.34. The van der Waals surface area contributed by atoms with Crippen molar-refractivity contribution in [3.63, 3.8) is 0 Å². The highest BCUT2D eigenvalue weighted by atomic mass is 35.5. The van der Waals surface area contributed by atoms with Crippen LogP contribution in [0.15, 0.2) is 24.3 Å². The van der Waals surface area contributed by atoms with E-state index in [4.69, 9.17) is 23.2 Å². The number of thioether (sulfide) groups is 1. The summed E-state index contributed by atoms with van der Waals surface area (Å²) in [5.74, 6) is 0.837. The van der Waals surface area contributed by atoms with Crippen LogP contribution in [-0.2, 0) is 5.75 Å². The molecule has 0 N–H and O–H groups in total. The topological polar surface area (TPSA) is 25.8 Å². The number of benzene rings is 1. The maximum Gasteiger partial charge on any atom is 0.142 e. The largest absolute Gasteiger partial charge is 0.220 e. The predicted octanol–water partition coefficient (Wildman–Crippen LogP) is 5.62. The third-order valence-corrected chi connectivity index (χ3v) is 4.43. The normalized spacial score (nSPS) is 11.7. The van der Waals surface area contributed by atoms with E-state index in [-0.39, 0.29) is 20.9 Å². The summed E-state index contributed by atoms with van der Waals surface area (Å²) in [5.41, 5.74) is 1.03. The van der Waals surface area contributed by atoms with Crippen LogP contribution in [-0.4, -0.2) is 14.7 Å². The molecule has 6 heteroatoms. The van der Waals surface area contributed by atoms with Crippen molar-refractivity contribution in [3.05, 3.63) is 46.2 Å². The van der Waals surface area contributed by atoms with Crippen molar-refractivity contribution < 1.29 is 4.39 Å². The van der Waals surface area contributed by atoms with Gasteiger partial charge in [0.2, 0.25) is 0 Å². The maximum atomic E-state index is 13.3. The SMILES string of the molecule is CC(C)(C)SCc1nc(Cl)c(-c2cccc(F)c2)c(Cl)n1. The smallest absolute Gasteiger partial charge is 0.142 e. The molecule has 1 aromatic carbocycles. The standard InChI is InChI=1S/C15H15Cl2FN2S/c1-15(2,3)21-8-11-19-13(16)12(14(17)20-11)9-5-4-6-10(18)7-9/h4-7H,8H2,1-3H3. The minimum atomic E-state index is -0.355. The molecule has 0 radical (unpaired) electrons. The monoisotopic (exact) mass is 344 g/mol. The predicted molar refractivity (Wildman–Crippen MR) is 88.5 cm³/mol. The molecule has 0 bridgehead atoms. The Balaban J connectivity index is 2.34. The van der Waals surface area contributed by atoms with Gasteiger partial charge in [-0.2, -0.15) is 0 Å². The molecule has 2 nitrogen and oxygen atoms in total. The van der Waals surface area contributed by atoms with E-state index in [0.717, 1.165) is 0 Å². The first-order valence-corrected chi connectivity index (χ1v) is 8.12. The van der Waals surface area contributed by atoms with Crippen LogP contribution in [0.3, 0.4) is 0 Å². The summed E-state index contributed by atoms with van der Waals surface area (Å²) in [5, 5.41) is 0.482. The van der Waals surface area contributed by atoms with Gasteiger partial charge in [-0.25, -0.2) is 14.4 Å². The summed E-state index contributed by atoms with van der Waals surface area (Å²) >= 11 is 14.1. The molecule has 0 aliphatic heterocycles. The molecule has 0 unspecified atom stereocenters. The van der Waals surface area contributed by atoms with Crippen LogP contribution < -0.4 is 0 Å². The number of nitrogens with zero attached hydrogens (tertiary/aromatic N) is 2. The zero-order valence-electron chi connectivity index (χ0n) is 12.0. The summed E-state index contributed by atoms with van der Waals surface area (Å²) in [6.07, 6.45) is 0. The zero-order valence-corrected chi connectivity index (χ0v) is 14.3. The van der Waals surface area contributed by atoms with E-state index in [2.05, 4.69) is 30.7 Å². The van der Waals surface area contributed by atoms with Crippen LogP contribution in [0.25, 0.3) is 11.1 Å². The Kier molecular flexibility index (Phi) is 5.12. The Morgan fingerprint density at radius 1 is 1.14 bits per heavy atom. The second-order valence-electron chi connectivity index (χ2n) is 5.51. The second kappa shape index (κ2) is 6.51. The summed E-state index contributed by atoms with van der Waals surface area (Å²) in [4.78, 5) is 8.54. The lowest BCUT2D eigenvalue weighted by Crippen LogP contribution is -2.09. The first kappa shape index (κ1) is 16.5. The second-order valence-corrected chi connectivity index (χ2v) is 8.03. The van der Waals surface area contributed by atoms with Crippen molar-refractivity contribution in [1.29, 1.82) is 0 Å². The number of rotatable bonds is 3. The van der Waals surface area contributed by atoms with Gasteiger partial charge in [0, 0.05) is 4.75 Å². The molecule has 0 saturated heterocycles. The Bertz CT molecular complexity index is 633. The van der Waals surface area contributed by atoms with E-state index in [9.17, 15) is 4.39 Å². The third kappa shape index (κ3) is 4.56. The van der Waals surface area contributed by atoms with E-state index in [1.807, 2.05) is 0 Å². The lowest BCUT2D eigenvalue weighted by molar-refractivity contribution is 0.628. The van der Waals surface area contributed by atoms with Crippen molar-refractivity contribution >= 4 is 35.0 Å². The third-order valence-electron chi connectivity index (χ3n) is 2.61. The van der Waals surface area contributed by atoms with Crippen molar-refractivity contribution in [2.24, 2.45) is 0 Å². The Labute approximate surface area is 138 Å². The Hall–Kier alpha value is -0.840. The van der Waals surface area contributed by atoms with E-state index in [1.165, 1.54) is 12.1 Å². The van der Waals surface area contributed by atoms with Gasteiger partial charge in [0.1, 0.15) is 21.9 Å². The Morgan fingerprint density at radius 2 is 1.76 bits per heavy atom. The maximum absolute atomic E-state index is 13.3. The highest BCUT2D eigenvalue weighted by molar-refractivity contribution is 7.99. The van der Waals surface area contributed by atoms with Crippen molar-refractivity contribution in [3.8, 4) is 11.1 Å². The molecule has 2 aromatic rings. The van der Waals surface area contributed by atoms with E-state index < -0.39 is 0 Å². The van der Waals surface area contributed by atoms with Gasteiger partial charge >= 0.3 is 0 Å². The average Bonchev–Trinajstić information content (AvgIpc) is 2.35. The minimum absolute atomic E-state index is 0.101. The van der Waals surface area contributed by atoms with E-state index in [0.29, 0.717) is 22.7 Å². The van der Waals surface area contributed by atoms with Gasteiger partial charge < -0.3 is 0 Å². The fourth-order valence-corrected chi connectivity index (χ4v) is 3.01. The summed E-state index contributed by atoms with van der Waals surface area (Å²) in [6, 6.07) is 6.05. The van der Waals surface area contributed by atoms with E-state index >= 15 is 0 Å². The fraction of sp³-hybridized carbons (Fsp3) is 0.333. The average molecular weight is 345 g/mol. The van der Waals surface area contributed by atoms with Gasteiger partial charge in [0.05, 0.1) is 11.3 Å². The van der Waals surface area contributed by atoms with Crippen LogP contribution in [0.2, 0.25) is 10.3 Å². The van der Waals surface area contributed by atoms with Crippen molar-refractivity contribution in [2.45, 2.75) is 31.3 Å². The quantitative estimate of drug-likeness (QED) is 0.675. The van der Waals surface area contributed by atoms with Crippen LogP contribution in [0, 0.1) is 5.82 Å². The first-order chi connectivity index (χ1) is 9.76. The molecule has 0 fully saturated rings. The van der Waals surface area contributed by atoms with Crippen LogP contribution in [0.5, 0.6) is 0 Å². The molecule has 2 rings (SSSR count). The zero-order chi connectivity index (χ0) is 15.6. The van der Waals surface area contributed by atoms with Gasteiger partial charge in [0.25, 0.3) is 0 Å². The van der Waals surface area contributed by atoms with Gasteiger partial charge in [-0.15, -0.1) is 11.8 Å². The van der Waals surface area contributed by atoms with Crippen LogP contribution >= 0.6 is 35.0 Å². The van der Waals surface area contributed by atoms with Crippen LogP contribution in [0.1, 0.15) is 26.6 Å². The molecular weight excluding hydrogens is 330 g/mol. The molecule has 0 aliphatic carbocycles. The number of aromatic nitrogens is 2. The van der Waals surface area contributed by atoms with E-state index in [1.54, 1.807) is 23.9 Å². The van der Waals surface area contributed by atoms with Crippen molar-refractivity contribution in [1.82, 2.24) is 9.97 Å². The number of hydrogen-bond acceptors (Lipinski definition) is 3. The minimum Gasteiger partial charge on any atom is -0.220 e. The highest BCUT2D eigenvalue weighted by Crippen LogP contribution is 2.34. The molecule has 0 atom stereocenters. The molecule has 0 spiro atoms. The molecule has 1 heterocycles. The number of halogens is 3. The highest BCUT2D eigenvalue weighted by Gasteiger charge is 2.16. The number of hydrogen-bond donors (Lipinski definition) is 0. The lowest BCUT2D eigenvalue weighted by atomic mass is 10.1. The molecule has 112 valence electrons. The molecular formula is C15H15Cl2FN2S. The summed E-state index contributed by atoms with van der Waals surface area (Å²) < 4.78 is 13.4. The van der Waals surface area contributed by atoms with Gasteiger partial charge in [-0.1, -0.05) is 56.1 Å². The summed E-state index contributed by atoms with van der Waals surface area (Å²) in [7, 11) is 0. The molecule has 21 heavy (non-hydrogen) atoms. The van der Waals surface area contributed by atoms with Crippen molar-refractivity contribution in [2.75, 3.05) is 0 Å². The van der Waals surface area contributed by atoms with Gasteiger partial charge in [0.15, 0.2) is 0 Å². The Morgan fingerprint density at radius 3 is 2.29 bits per heavy atom. The van der Waals surface area contributed by atoms with Crippen LogP contribution in [0.4, 0.5) is 4.39 Å². The van der Waals surface area contributed by atoms with Gasteiger partial charge in [-0.3, -0.25) is 0 Å². The molecule has 1 aromatic heterocycles. The molecule has 0 amide bonds. The lowest BCUT2D eigenvalue weighted by Gasteiger charge is -2.17. The molecule has 0 aliphatic rings. The molecule has 0 saturated carbocycles. The fourth-order valence-electron chi connectivity index (χ4n) is 1.68. The first-order valence-electron chi connectivity index (χ1n) is 6.38. The van der Waals surface area contributed by atoms with Gasteiger partial charge in [-0.05, 0) is 17.7 Å².